The van der Waals surface area contributed by atoms with E-state index in [4.69, 9.17) is 32.4 Å². The summed E-state index contributed by atoms with van der Waals surface area (Å²) in [6, 6.07) is 7.43. The third-order valence-electron chi connectivity index (χ3n) is 6.33. The Kier molecular flexibility index (Phi) is 6.55. The van der Waals surface area contributed by atoms with Crippen molar-refractivity contribution in [3.63, 3.8) is 0 Å². The lowest BCUT2D eigenvalue weighted by molar-refractivity contribution is -0.127. The van der Waals surface area contributed by atoms with Crippen LogP contribution in [-0.4, -0.2) is 31.0 Å². The van der Waals surface area contributed by atoms with Crippen molar-refractivity contribution in [2.75, 3.05) is 20.2 Å². The Bertz CT molecular complexity index is 1200. The van der Waals surface area contributed by atoms with E-state index in [1.807, 2.05) is 36.9 Å². The molecule has 0 aliphatic carbocycles. The van der Waals surface area contributed by atoms with Crippen molar-refractivity contribution in [2.24, 2.45) is 5.92 Å². The molecule has 1 aromatic heterocycles. The van der Waals surface area contributed by atoms with Gasteiger partial charge in [0.1, 0.15) is 11.3 Å². The van der Waals surface area contributed by atoms with Crippen molar-refractivity contribution in [2.45, 2.75) is 33.6 Å². The summed E-state index contributed by atoms with van der Waals surface area (Å²) in [5, 5.41) is 2.04. The molecule has 1 saturated heterocycles. The van der Waals surface area contributed by atoms with Crippen molar-refractivity contribution in [3.8, 4) is 16.9 Å². The summed E-state index contributed by atoms with van der Waals surface area (Å²) in [5.41, 5.74) is 5.04. The highest BCUT2D eigenvalue weighted by Crippen LogP contribution is 2.42. The fourth-order valence-corrected chi connectivity index (χ4v) is 4.88. The van der Waals surface area contributed by atoms with Gasteiger partial charge < -0.3 is 14.1 Å². The molecular formula is C26H27Cl2NO3. The number of fused-ring (bicyclic) bond motifs is 1. The van der Waals surface area contributed by atoms with Crippen LogP contribution in [0.1, 0.15) is 37.8 Å². The van der Waals surface area contributed by atoms with Crippen LogP contribution >= 0.6 is 23.2 Å². The van der Waals surface area contributed by atoms with E-state index in [9.17, 15) is 4.79 Å². The quantitative estimate of drug-likeness (QED) is 0.372. The molecule has 32 heavy (non-hydrogen) atoms. The maximum Gasteiger partial charge on any atom is 0.246 e. The average molecular weight is 472 g/mol. The molecule has 0 N–H and O–H groups in total. The van der Waals surface area contributed by atoms with Crippen LogP contribution in [0.15, 0.2) is 41.0 Å². The van der Waals surface area contributed by atoms with Gasteiger partial charge in [0.05, 0.1) is 18.4 Å². The van der Waals surface area contributed by atoms with Gasteiger partial charge in [0.15, 0.2) is 0 Å². The molecule has 1 aliphatic heterocycles. The number of rotatable bonds is 4. The van der Waals surface area contributed by atoms with Gasteiger partial charge in [-0.1, -0.05) is 36.2 Å². The lowest BCUT2D eigenvalue weighted by Crippen LogP contribution is -2.36. The molecular weight excluding hydrogens is 445 g/mol. The molecule has 0 radical (unpaired) electrons. The van der Waals surface area contributed by atoms with Gasteiger partial charge in [-0.25, -0.2) is 0 Å². The van der Waals surface area contributed by atoms with Gasteiger partial charge in [-0.15, -0.1) is 0 Å². The second-order valence-electron chi connectivity index (χ2n) is 8.57. The number of benzene rings is 2. The molecule has 4 nitrogen and oxygen atoms in total. The van der Waals surface area contributed by atoms with Crippen LogP contribution in [0.4, 0.5) is 0 Å². The van der Waals surface area contributed by atoms with Crippen molar-refractivity contribution in [1.29, 1.82) is 0 Å². The summed E-state index contributed by atoms with van der Waals surface area (Å²) < 4.78 is 11.6. The first-order chi connectivity index (χ1) is 15.3. The van der Waals surface area contributed by atoms with Crippen molar-refractivity contribution < 1.29 is 13.9 Å². The predicted molar refractivity (Wildman–Crippen MR) is 132 cm³/mol. The molecule has 0 bridgehead atoms. The molecule has 4 rings (SSSR count). The van der Waals surface area contributed by atoms with Crippen LogP contribution in [0.3, 0.4) is 0 Å². The topological polar surface area (TPSA) is 42.7 Å². The number of ether oxygens (including phenoxy) is 1. The summed E-state index contributed by atoms with van der Waals surface area (Å²) in [6.07, 6.45) is 5.52. The minimum absolute atomic E-state index is 0.0439. The van der Waals surface area contributed by atoms with Gasteiger partial charge in [-0.3, -0.25) is 4.79 Å². The maximum absolute atomic E-state index is 12.9. The molecule has 0 unspecified atom stereocenters. The number of allylic oxidation sites excluding steroid dienone is 1. The number of carbonyl (C=O) groups excluding carboxylic acids is 1. The number of carbonyl (C=O) groups is 1. The van der Waals surface area contributed by atoms with Crippen LogP contribution in [0.5, 0.6) is 5.75 Å². The van der Waals surface area contributed by atoms with Gasteiger partial charge in [0, 0.05) is 51.8 Å². The van der Waals surface area contributed by atoms with Gasteiger partial charge >= 0.3 is 0 Å². The fraction of sp³-hybridized carbons (Fsp3) is 0.346. The van der Waals surface area contributed by atoms with Crippen LogP contribution in [0.2, 0.25) is 10.0 Å². The number of likely N-dealkylation sites (tertiary alicyclic amines) is 1. The van der Waals surface area contributed by atoms with Crippen LogP contribution < -0.4 is 4.74 Å². The first-order valence-corrected chi connectivity index (χ1v) is 11.6. The molecule has 0 saturated carbocycles. The lowest BCUT2D eigenvalue weighted by Gasteiger charge is -2.29. The molecule has 3 aromatic rings. The minimum atomic E-state index is 0.0439. The summed E-state index contributed by atoms with van der Waals surface area (Å²) in [4.78, 5) is 14.8. The summed E-state index contributed by atoms with van der Waals surface area (Å²) in [6.45, 7) is 7.76. The van der Waals surface area contributed by atoms with Gasteiger partial charge in [0.2, 0.25) is 5.91 Å². The van der Waals surface area contributed by atoms with Gasteiger partial charge in [0.25, 0.3) is 0 Å². The van der Waals surface area contributed by atoms with Crippen molar-refractivity contribution >= 4 is 45.7 Å². The van der Waals surface area contributed by atoms with Gasteiger partial charge in [-0.05, 0) is 56.4 Å². The van der Waals surface area contributed by atoms with Crippen molar-refractivity contribution in [3.05, 3.63) is 57.8 Å². The van der Waals surface area contributed by atoms with Crippen LogP contribution in [-0.2, 0) is 4.79 Å². The summed E-state index contributed by atoms with van der Waals surface area (Å²) >= 11 is 12.6. The zero-order chi connectivity index (χ0) is 23.0. The number of piperidine rings is 1. The third kappa shape index (κ3) is 4.26. The Morgan fingerprint density at radius 2 is 1.91 bits per heavy atom. The van der Waals surface area contributed by atoms with E-state index in [-0.39, 0.29) is 5.91 Å². The van der Waals surface area contributed by atoms with Gasteiger partial charge in [-0.2, -0.15) is 0 Å². The summed E-state index contributed by atoms with van der Waals surface area (Å²) in [7, 11) is 1.64. The van der Waals surface area contributed by atoms with E-state index in [0.29, 0.717) is 21.7 Å². The second-order valence-corrected chi connectivity index (χ2v) is 9.41. The Balaban J connectivity index is 1.79. The third-order valence-corrected chi connectivity index (χ3v) is 6.88. The number of aryl methyl sites for hydroxylation is 1. The Labute approximate surface area is 198 Å². The highest BCUT2D eigenvalue weighted by Gasteiger charge is 2.22. The molecule has 0 spiro atoms. The number of hydrogen-bond acceptors (Lipinski definition) is 3. The van der Waals surface area contributed by atoms with Crippen LogP contribution in [0, 0.1) is 12.8 Å². The number of furan rings is 1. The van der Waals surface area contributed by atoms with E-state index in [1.54, 1.807) is 25.5 Å². The highest BCUT2D eigenvalue weighted by molar-refractivity contribution is 6.36. The average Bonchev–Trinajstić information content (AvgIpc) is 3.18. The Morgan fingerprint density at radius 1 is 1.19 bits per heavy atom. The lowest BCUT2D eigenvalue weighted by atomic mass is 9.96. The van der Waals surface area contributed by atoms with Crippen molar-refractivity contribution in [1.82, 2.24) is 4.90 Å². The predicted octanol–water partition coefficient (Wildman–Crippen LogP) is 7.39. The van der Waals surface area contributed by atoms with E-state index in [0.717, 1.165) is 64.7 Å². The smallest absolute Gasteiger partial charge is 0.246 e. The van der Waals surface area contributed by atoms with Crippen LogP contribution in [0.25, 0.3) is 27.7 Å². The van der Waals surface area contributed by atoms with E-state index in [1.165, 1.54) is 0 Å². The Morgan fingerprint density at radius 3 is 2.56 bits per heavy atom. The number of methoxy groups -OCH3 is 1. The minimum Gasteiger partial charge on any atom is -0.496 e. The number of halogens is 2. The molecule has 0 atom stereocenters. The van der Waals surface area contributed by atoms with E-state index < -0.39 is 0 Å². The molecule has 1 amide bonds. The molecule has 1 aliphatic rings. The zero-order valence-electron chi connectivity index (χ0n) is 18.8. The fourth-order valence-electron chi connectivity index (χ4n) is 4.37. The molecule has 2 heterocycles. The van der Waals surface area contributed by atoms with E-state index in [2.05, 4.69) is 6.92 Å². The highest BCUT2D eigenvalue weighted by atomic mass is 35.5. The monoisotopic (exact) mass is 471 g/mol. The number of nitrogens with zero attached hydrogens (tertiary/aromatic N) is 1. The maximum atomic E-state index is 12.9. The molecule has 2 aromatic carbocycles. The number of amides is 1. The molecule has 6 heteroatoms. The first-order valence-electron chi connectivity index (χ1n) is 10.8. The SMILES string of the molecule is COc1c(/C(C)=C/C(=O)N2CCC(C)CC2)cc2c(-c3ccc(Cl)cc3Cl)coc2c1C. The second kappa shape index (κ2) is 9.21. The first kappa shape index (κ1) is 22.8. The summed E-state index contributed by atoms with van der Waals surface area (Å²) in [5.74, 6) is 1.42. The molecule has 168 valence electrons. The normalized spacial score (nSPS) is 15.4. The largest absolute Gasteiger partial charge is 0.496 e. The van der Waals surface area contributed by atoms with E-state index >= 15 is 0 Å². The zero-order valence-corrected chi connectivity index (χ0v) is 20.3. The Hall–Kier alpha value is -2.43. The number of hydrogen-bond donors (Lipinski definition) is 0. The molecule has 1 fully saturated rings. The standard InChI is InChI=1S/C26H27Cl2NO3/c1-15-7-9-29(10-8-15)24(30)11-16(2)20-13-21-22(19-6-5-18(27)12-23(19)28)14-32-26(21)17(3)25(20)31-4/h5-6,11-15H,7-10H2,1-4H3/b16-11+.